The fourth-order valence-corrected chi connectivity index (χ4v) is 2.74. The Balaban J connectivity index is 1.56. The molecule has 7 heteroatoms. The highest BCUT2D eigenvalue weighted by Crippen LogP contribution is 2.28. The molecule has 0 aliphatic heterocycles. The number of nitrogens with one attached hydrogen (secondary N) is 2. The summed E-state index contributed by atoms with van der Waals surface area (Å²) in [6, 6.07) is 10.1. The number of hydrogen-bond acceptors (Lipinski definition) is 5. The van der Waals surface area contributed by atoms with Crippen molar-refractivity contribution in [1.82, 2.24) is 9.97 Å². The Labute approximate surface area is 151 Å². The smallest absolute Gasteiger partial charge is 0.215 e. The Morgan fingerprint density at radius 1 is 1.00 bits per heavy atom. The molecule has 1 aromatic carbocycles. The average Bonchev–Trinajstić information content (AvgIpc) is 3.01. The number of halogens is 1. The minimum Gasteiger partial charge on any atom is -0.475 e. The van der Waals surface area contributed by atoms with E-state index in [1.54, 1.807) is 0 Å². The summed E-state index contributed by atoms with van der Waals surface area (Å²) in [5, 5.41) is 5.51. The summed E-state index contributed by atoms with van der Waals surface area (Å²) < 4.78 is 27.8. The second-order valence-corrected chi connectivity index (χ2v) is 5.72. The van der Waals surface area contributed by atoms with Crippen LogP contribution in [0, 0.1) is 0 Å². The van der Waals surface area contributed by atoms with Crippen LogP contribution in [0.4, 0.5) is 10.1 Å². The second-order valence-electron chi connectivity index (χ2n) is 5.72. The molecule has 0 amide bonds. The Morgan fingerprint density at radius 3 is 2.58 bits per heavy atom. The number of anilines is 1. The monoisotopic (exact) mass is 361 g/mol. The number of ether oxygens (including phenoxy) is 3. The fraction of sp³-hybridized carbons (Fsp3) is 0.421. The normalized spacial score (nSPS) is 11.3. The van der Waals surface area contributed by atoms with Crippen molar-refractivity contribution < 1.29 is 18.6 Å². The third kappa shape index (κ3) is 4.62. The number of aromatic nitrogens is 2. The van der Waals surface area contributed by atoms with Gasteiger partial charge in [-0.05, 0) is 25.1 Å². The molecule has 0 saturated carbocycles. The van der Waals surface area contributed by atoms with Crippen molar-refractivity contribution in [3.05, 3.63) is 30.3 Å². The molecular weight excluding hydrogens is 337 g/mol. The highest BCUT2D eigenvalue weighted by atomic mass is 19.1. The fourth-order valence-electron chi connectivity index (χ4n) is 2.74. The molecule has 3 rings (SSSR count). The third-order valence-corrected chi connectivity index (χ3v) is 3.88. The Morgan fingerprint density at radius 2 is 1.77 bits per heavy atom. The number of benzene rings is 1. The van der Waals surface area contributed by atoms with Crippen LogP contribution < -0.4 is 10.1 Å². The molecule has 0 spiro atoms. The Hall–Kier alpha value is -2.38. The summed E-state index contributed by atoms with van der Waals surface area (Å²) in [5.41, 5.74) is 2.92. The summed E-state index contributed by atoms with van der Waals surface area (Å²) in [6.07, 6.45) is 0. The molecule has 0 aliphatic carbocycles. The number of alkyl halides is 1. The molecule has 0 saturated heterocycles. The quantitative estimate of drug-likeness (QED) is 0.512. The number of fused-ring (bicyclic) bond motifs is 3. The van der Waals surface area contributed by atoms with Gasteiger partial charge in [0.1, 0.15) is 18.9 Å². The molecule has 0 unspecified atom stereocenters. The van der Waals surface area contributed by atoms with E-state index in [4.69, 9.17) is 14.2 Å². The van der Waals surface area contributed by atoms with E-state index in [-0.39, 0.29) is 6.61 Å². The lowest BCUT2D eigenvalue weighted by atomic mass is 10.2. The van der Waals surface area contributed by atoms with Crippen LogP contribution in [0.5, 0.6) is 5.88 Å². The zero-order valence-corrected chi connectivity index (χ0v) is 14.9. The van der Waals surface area contributed by atoms with Gasteiger partial charge in [0.2, 0.25) is 5.88 Å². The van der Waals surface area contributed by atoms with Crippen LogP contribution in [0.2, 0.25) is 0 Å². The maximum Gasteiger partial charge on any atom is 0.215 e. The largest absolute Gasteiger partial charge is 0.475 e. The first-order valence-electron chi connectivity index (χ1n) is 8.82. The minimum absolute atomic E-state index is 0.115. The van der Waals surface area contributed by atoms with Gasteiger partial charge in [-0.15, -0.1) is 0 Å². The van der Waals surface area contributed by atoms with Gasteiger partial charge in [-0.25, -0.2) is 4.39 Å². The highest BCUT2D eigenvalue weighted by molar-refractivity contribution is 6.06. The second kappa shape index (κ2) is 9.35. The van der Waals surface area contributed by atoms with E-state index in [0.29, 0.717) is 32.3 Å². The lowest BCUT2D eigenvalue weighted by Crippen LogP contribution is -2.11. The molecule has 2 heterocycles. The number of aromatic amines is 1. The van der Waals surface area contributed by atoms with Crippen LogP contribution in [0.3, 0.4) is 0 Å². The van der Waals surface area contributed by atoms with E-state index in [2.05, 4.69) is 40.4 Å². The van der Waals surface area contributed by atoms with Crippen LogP contribution in [-0.4, -0.2) is 56.2 Å². The van der Waals surface area contributed by atoms with Crippen LogP contribution in [0.15, 0.2) is 30.3 Å². The van der Waals surface area contributed by atoms with Gasteiger partial charge in [0.15, 0.2) is 0 Å². The zero-order chi connectivity index (χ0) is 18.2. The van der Waals surface area contributed by atoms with Gasteiger partial charge in [-0.1, -0.05) is 6.07 Å². The zero-order valence-electron chi connectivity index (χ0n) is 14.9. The van der Waals surface area contributed by atoms with E-state index in [1.807, 2.05) is 12.1 Å². The van der Waals surface area contributed by atoms with Crippen molar-refractivity contribution in [1.29, 1.82) is 0 Å². The van der Waals surface area contributed by atoms with E-state index >= 15 is 0 Å². The van der Waals surface area contributed by atoms with Crippen LogP contribution >= 0.6 is 0 Å². The van der Waals surface area contributed by atoms with E-state index in [1.165, 1.54) is 0 Å². The van der Waals surface area contributed by atoms with Crippen LogP contribution in [-0.2, 0) is 9.47 Å². The summed E-state index contributed by atoms with van der Waals surface area (Å²) >= 11 is 0. The maximum atomic E-state index is 11.8. The number of nitrogens with zero attached hydrogens (tertiary/aromatic N) is 1. The highest BCUT2D eigenvalue weighted by Gasteiger charge is 2.07. The van der Waals surface area contributed by atoms with Crippen molar-refractivity contribution in [3.8, 4) is 5.88 Å². The van der Waals surface area contributed by atoms with Gasteiger partial charge in [0, 0.05) is 34.6 Å². The Bertz CT molecular complexity index is 837. The molecule has 0 bridgehead atoms. The number of H-pyrrole nitrogens is 1. The molecular formula is C19H24FN3O3. The molecule has 3 aromatic rings. The Kier molecular flexibility index (Phi) is 6.62. The topological polar surface area (TPSA) is 68.4 Å². The lowest BCUT2D eigenvalue weighted by Gasteiger charge is -2.06. The number of hydrogen-bond donors (Lipinski definition) is 2. The molecule has 2 N–H and O–H groups in total. The van der Waals surface area contributed by atoms with Crippen LogP contribution in [0.25, 0.3) is 21.9 Å². The molecule has 26 heavy (non-hydrogen) atoms. The summed E-state index contributed by atoms with van der Waals surface area (Å²) in [7, 11) is 0. The number of pyridine rings is 1. The molecule has 0 aliphatic rings. The van der Waals surface area contributed by atoms with Gasteiger partial charge in [0.25, 0.3) is 0 Å². The standard InChI is InChI=1S/C19H24FN3O3/c1-2-21-14-3-4-15-16-5-6-18(23-19(16)22-17(15)13-14)26-12-11-25-10-9-24-8-7-20/h3-6,13,21H,2,7-12H2,1H3,(H,22,23). The molecule has 6 nitrogen and oxygen atoms in total. The molecule has 2 aromatic heterocycles. The molecule has 0 radical (unpaired) electrons. The van der Waals surface area contributed by atoms with E-state index < -0.39 is 6.67 Å². The van der Waals surface area contributed by atoms with Crippen molar-refractivity contribution in [2.45, 2.75) is 6.92 Å². The maximum absolute atomic E-state index is 11.8. The molecule has 0 fully saturated rings. The van der Waals surface area contributed by atoms with Crippen molar-refractivity contribution in [2.24, 2.45) is 0 Å². The minimum atomic E-state index is -0.471. The first kappa shape index (κ1) is 18.4. The molecule has 0 atom stereocenters. The predicted molar refractivity (Wildman–Crippen MR) is 101 cm³/mol. The van der Waals surface area contributed by atoms with Gasteiger partial charge < -0.3 is 24.5 Å². The molecule has 140 valence electrons. The van der Waals surface area contributed by atoms with E-state index in [0.717, 1.165) is 34.2 Å². The summed E-state index contributed by atoms with van der Waals surface area (Å²) in [5.74, 6) is 0.549. The summed E-state index contributed by atoms with van der Waals surface area (Å²) in [6.45, 7) is 4.23. The van der Waals surface area contributed by atoms with Crippen molar-refractivity contribution >= 4 is 27.6 Å². The number of rotatable bonds is 11. The first-order valence-corrected chi connectivity index (χ1v) is 8.82. The van der Waals surface area contributed by atoms with Gasteiger partial charge >= 0.3 is 0 Å². The van der Waals surface area contributed by atoms with Crippen molar-refractivity contribution in [2.75, 3.05) is 51.6 Å². The van der Waals surface area contributed by atoms with Gasteiger partial charge in [-0.3, -0.25) is 0 Å². The predicted octanol–water partition coefficient (Wildman–Crippen LogP) is 3.53. The van der Waals surface area contributed by atoms with Crippen molar-refractivity contribution in [3.63, 3.8) is 0 Å². The lowest BCUT2D eigenvalue weighted by molar-refractivity contribution is 0.0321. The summed E-state index contributed by atoms with van der Waals surface area (Å²) in [4.78, 5) is 7.86. The van der Waals surface area contributed by atoms with Gasteiger partial charge in [-0.2, -0.15) is 4.98 Å². The first-order chi connectivity index (χ1) is 12.8. The third-order valence-electron chi connectivity index (χ3n) is 3.88. The average molecular weight is 361 g/mol. The van der Waals surface area contributed by atoms with Crippen LogP contribution in [0.1, 0.15) is 6.92 Å². The SMILES string of the molecule is CCNc1ccc2c(c1)[nH]c1nc(OCCOCCOCCF)ccc12. The van der Waals surface area contributed by atoms with Gasteiger partial charge in [0.05, 0.1) is 26.4 Å². The van der Waals surface area contributed by atoms with E-state index in [9.17, 15) is 4.39 Å².